The number of amides is 1. The second kappa shape index (κ2) is 6.52. The van der Waals surface area contributed by atoms with E-state index in [0.717, 1.165) is 24.2 Å². The molecule has 3 N–H and O–H groups in total. The molecule has 2 atom stereocenters. The predicted molar refractivity (Wildman–Crippen MR) is 76.6 cm³/mol. The van der Waals surface area contributed by atoms with Gasteiger partial charge in [0.05, 0.1) is 5.92 Å². The summed E-state index contributed by atoms with van der Waals surface area (Å²) in [5, 5.41) is 14.9. The number of carboxylic acid groups (broad SMARTS) is 1. The molecule has 0 aromatic heterocycles. The molecular formula is C15H20N2O3. The zero-order valence-electron chi connectivity index (χ0n) is 11.6. The molecule has 5 heteroatoms. The standard InChI is InChI=1S/C15H20N2O3/c1-10-12(8-9-16-10)15(20)17-13-5-3-2-4-11(13)6-7-14(18)19/h2-5,10,12,16H,6-9H2,1H3,(H,17,20)(H,18,19). The molecule has 108 valence electrons. The van der Waals surface area contributed by atoms with Crippen LogP contribution < -0.4 is 10.6 Å². The summed E-state index contributed by atoms with van der Waals surface area (Å²) >= 11 is 0. The summed E-state index contributed by atoms with van der Waals surface area (Å²) in [6, 6.07) is 7.56. The third-order valence-corrected chi connectivity index (χ3v) is 3.75. The van der Waals surface area contributed by atoms with E-state index in [0.29, 0.717) is 6.42 Å². The van der Waals surface area contributed by atoms with Crippen LogP contribution >= 0.6 is 0 Å². The van der Waals surface area contributed by atoms with Crippen molar-refractivity contribution < 1.29 is 14.7 Å². The molecule has 0 bridgehead atoms. The molecule has 1 heterocycles. The molecule has 1 aliphatic heterocycles. The molecule has 0 saturated carbocycles. The lowest BCUT2D eigenvalue weighted by Crippen LogP contribution is -2.32. The first-order valence-corrected chi connectivity index (χ1v) is 6.92. The molecule has 20 heavy (non-hydrogen) atoms. The summed E-state index contributed by atoms with van der Waals surface area (Å²) < 4.78 is 0. The minimum absolute atomic E-state index is 0.00488. The quantitative estimate of drug-likeness (QED) is 0.764. The lowest BCUT2D eigenvalue weighted by Gasteiger charge is -2.16. The SMILES string of the molecule is CC1NCCC1C(=O)Nc1ccccc1CCC(=O)O. The van der Waals surface area contributed by atoms with Gasteiger partial charge >= 0.3 is 5.97 Å². The van der Waals surface area contributed by atoms with Crippen molar-refractivity contribution >= 4 is 17.6 Å². The van der Waals surface area contributed by atoms with Crippen LogP contribution in [-0.4, -0.2) is 29.6 Å². The van der Waals surface area contributed by atoms with Crippen LogP contribution in [0.4, 0.5) is 5.69 Å². The number of hydrogen-bond donors (Lipinski definition) is 3. The number of para-hydroxylation sites is 1. The fourth-order valence-corrected chi connectivity index (χ4v) is 2.54. The molecule has 0 radical (unpaired) electrons. The first kappa shape index (κ1) is 14.5. The van der Waals surface area contributed by atoms with Crippen molar-refractivity contribution in [2.45, 2.75) is 32.2 Å². The Hall–Kier alpha value is -1.88. The fraction of sp³-hybridized carbons (Fsp3) is 0.467. The van der Waals surface area contributed by atoms with Crippen LogP contribution in [0.15, 0.2) is 24.3 Å². The third-order valence-electron chi connectivity index (χ3n) is 3.75. The largest absolute Gasteiger partial charge is 0.481 e. The predicted octanol–water partition coefficient (Wildman–Crippen LogP) is 1.64. The Kier molecular flexibility index (Phi) is 4.74. The monoisotopic (exact) mass is 276 g/mol. The maximum absolute atomic E-state index is 12.2. The fourth-order valence-electron chi connectivity index (χ4n) is 2.54. The van der Waals surface area contributed by atoms with E-state index >= 15 is 0 Å². The van der Waals surface area contributed by atoms with E-state index in [9.17, 15) is 9.59 Å². The average Bonchev–Trinajstić information content (AvgIpc) is 2.84. The van der Waals surface area contributed by atoms with E-state index in [1.807, 2.05) is 31.2 Å². The molecule has 1 saturated heterocycles. The molecular weight excluding hydrogens is 256 g/mol. The second-order valence-corrected chi connectivity index (χ2v) is 5.18. The average molecular weight is 276 g/mol. The van der Waals surface area contributed by atoms with Crippen molar-refractivity contribution in [3.63, 3.8) is 0 Å². The number of aliphatic carboxylic acids is 1. The van der Waals surface area contributed by atoms with Crippen molar-refractivity contribution in [2.24, 2.45) is 5.92 Å². The molecule has 1 aromatic rings. The molecule has 5 nitrogen and oxygen atoms in total. The van der Waals surface area contributed by atoms with Crippen LogP contribution in [-0.2, 0) is 16.0 Å². The van der Waals surface area contributed by atoms with Gasteiger partial charge in [0.15, 0.2) is 0 Å². The first-order valence-electron chi connectivity index (χ1n) is 6.92. The van der Waals surface area contributed by atoms with E-state index in [2.05, 4.69) is 10.6 Å². The summed E-state index contributed by atoms with van der Waals surface area (Å²) in [6.07, 6.45) is 1.32. The van der Waals surface area contributed by atoms with E-state index in [1.165, 1.54) is 0 Å². The molecule has 2 rings (SSSR count). The van der Waals surface area contributed by atoms with Crippen LogP contribution in [0.25, 0.3) is 0 Å². The molecule has 2 unspecified atom stereocenters. The Morgan fingerprint density at radius 2 is 2.15 bits per heavy atom. The van der Waals surface area contributed by atoms with Crippen molar-refractivity contribution in [1.82, 2.24) is 5.32 Å². The van der Waals surface area contributed by atoms with Gasteiger partial charge in [0, 0.05) is 18.2 Å². The number of rotatable bonds is 5. The number of benzene rings is 1. The van der Waals surface area contributed by atoms with Crippen LogP contribution in [0, 0.1) is 5.92 Å². The zero-order chi connectivity index (χ0) is 14.5. The highest BCUT2D eigenvalue weighted by Crippen LogP contribution is 2.21. The summed E-state index contributed by atoms with van der Waals surface area (Å²) in [5.41, 5.74) is 1.58. The van der Waals surface area contributed by atoms with Crippen molar-refractivity contribution in [2.75, 3.05) is 11.9 Å². The number of anilines is 1. The van der Waals surface area contributed by atoms with E-state index < -0.39 is 5.97 Å². The van der Waals surface area contributed by atoms with Gasteiger partial charge in [-0.1, -0.05) is 18.2 Å². The van der Waals surface area contributed by atoms with E-state index in [4.69, 9.17) is 5.11 Å². The van der Waals surface area contributed by atoms with Gasteiger partial charge in [-0.2, -0.15) is 0 Å². The Bertz CT molecular complexity index is 502. The van der Waals surface area contributed by atoms with Crippen LogP contribution in [0.1, 0.15) is 25.3 Å². The van der Waals surface area contributed by atoms with Gasteiger partial charge in [-0.15, -0.1) is 0 Å². The number of hydrogen-bond acceptors (Lipinski definition) is 3. The molecule has 1 aromatic carbocycles. The van der Waals surface area contributed by atoms with Crippen molar-refractivity contribution in [3.8, 4) is 0 Å². The van der Waals surface area contributed by atoms with E-state index in [1.54, 1.807) is 0 Å². The maximum atomic E-state index is 12.2. The Morgan fingerprint density at radius 1 is 1.40 bits per heavy atom. The zero-order valence-corrected chi connectivity index (χ0v) is 11.6. The highest BCUT2D eigenvalue weighted by atomic mass is 16.4. The number of carbonyl (C=O) groups is 2. The number of aryl methyl sites for hydroxylation is 1. The Balaban J connectivity index is 2.04. The molecule has 1 fully saturated rings. The number of carbonyl (C=O) groups excluding carboxylic acids is 1. The summed E-state index contributed by atoms with van der Waals surface area (Å²) in [6.45, 7) is 2.87. The van der Waals surface area contributed by atoms with Gasteiger partial charge in [-0.3, -0.25) is 9.59 Å². The van der Waals surface area contributed by atoms with Gasteiger partial charge in [-0.25, -0.2) is 0 Å². The summed E-state index contributed by atoms with van der Waals surface area (Å²) in [7, 11) is 0. The van der Waals surface area contributed by atoms with Gasteiger partial charge in [0.1, 0.15) is 0 Å². The van der Waals surface area contributed by atoms with Gasteiger partial charge in [0.25, 0.3) is 0 Å². The van der Waals surface area contributed by atoms with Crippen LogP contribution in [0.2, 0.25) is 0 Å². The topological polar surface area (TPSA) is 78.4 Å². The molecule has 0 spiro atoms. The lowest BCUT2D eigenvalue weighted by molar-refractivity contribution is -0.137. The van der Waals surface area contributed by atoms with Crippen LogP contribution in [0.3, 0.4) is 0 Å². The lowest BCUT2D eigenvalue weighted by atomic mass is 10.0. The minimum atomic E-state index is -0.834. The minimum Gasteiger partial charge on any atom is -0.481 e. The Labute approximate surface area is 118 Å². The second-order valence-electron chi connectivity index (χ2n) is 5.18. The highest BCUT2D eigenvalue weighted by molar-refractivity contribution is 5.94. The molecule has 1 aliphatic rings. The summed E-state index contributed by atoms with van der Waals surface area (Å²) in [4.78, 5) is 22.9. The number of nitrogens with one attached hydrogen (secondary N) is 2. The summed E-state index contributed by atoms with van der Waals surface area (Å²) in [5.74, 6) is -0.854. The highest BCUT2D eigenvalue weighted by Gasteiger charge is 2.29. The van der Waals surface area contributed by atoms with Gasteiger partial charge in [0.2, 0.25) is 5.91 Å². The molecule has 0 aliphatic carbocycles. The number of carboxylic acids is 1. The first-order chi connectivity index (χ1) is 9.58. The van der Waals surface area contributed by atoms with Gasteiger partial charge < -0.3 is 15.7 Å². The third kappa shape index (κ3) is 3.57. The van der Waals surface area contributed by atoms with Crippen molar-refractivity contribution in [3.05, 3.63) is 29.8 Å². The molecule has 1 amide bonds. The van der Waals surface area contributed by atoms with Crippen molar-refractivity contribution in [1.29, 1.82) is 0 Å². The van der Waals surface area contributed by atoms with E-state index in [-0.39, 0.29) is 24.3 Å². The smallest absolute Gasteiger partial charge is 0.303 e. The van der Waals surface area contributed by atoms with Crippen LogP contribution in [0.5, 0.6) is 0 Å². The maximum Gasteiger partial charge on any atom is 0.303 e. The Morgan fingerprint density at radius 3 is 2.80 bits per heavy atom. The van der Waals surface area contributed by atoms with Gasteiger partial charge in [-0.05, 0) is 37.9 Å². The normalized spacial score (nSPS) is 21.6.